The molecule has 1 fully saturated rings. The smallest absolute Gasteiger partial charge is 0.227 e. The first-order chi connectivity index (χ1) is 10.1. The molecule has 1 aliphatic rings. The lowest BCUT2D eigenvalue weighted by Gasteiger charge is -2.07. The van der Waals surface area contributed by atoms with Gasteiger partial charge in [0.25, 0.3) is 0 Å². The molecule has 2 rings (SSSR count). The average molecular weight is 327 g/mol. The van der Waals surface area contributed by atoms with Crippen molar-refractivity contribution in [1.82, 2.24) is 4.98 Å². The Hall–Kier alpha value is -1.08. The molecule has 0 radical (unpaired) electrons. The molecule has 1 aliphatic carbocycles. The lowest BCUT2D eigenvalue weighted by atomic mass is 10.0. The molecule has 1 aromatic heterocycles. The number of carbonyl (C=O) groups excluding carboxylic acids is 2. The van der Waals surface area contributed by atoms with E-state index in [4.69, 9.17) is 5.73 Å². The lowest BCUT2D eigenvalue weighted by molar-refractivity contribution is -0.117. The SMILES string of the molecule is NC(=O)CSCc1csc(NC(=O)CCC2CCCC2)n1. The molecule has 7 heteroatoms. The fraction of sp³-hybridized carbons (Fsp3) is 0.643. The number of amides is 2. The molecule has 0 bridgehead atoms. The quantitative estimate of drug-likeness (QED) is 0.769. The molecule has 0 aromatic carbocycles. The van der Waals surface area contributed by atoms with Gasteiger partial charge in [-0.05, 0) is 12.3 Å². The normalized spacial score (nSPS) is 15.2. The van der Waals surface area contributed by atoms with Gasteiger partial charge in [0.05, 0.1) is 11.4 Å². The lowest BCUT2D eigenvalue weighted by Crippen LogP contribution is -2.13. The maximum Gasteiger partial charge on any atom is 0.227 e. The van der Waals surface area contributed by atoms with Crippen LogP contribution in [0.25, 0.3) is 0 Å². The van der Waals surface area contributed by atoms with E-state index in [1.807, 2.05) is 5.38 Å². The minimum Gasteiger partial charge on any atom is -0.369 e. The second-order valence-electron chi connectivity index (χ2n) is 5.34. The monoisotopic (exact) mass is 327 g/mol. The van der Waals surface area contributed by atoms with Crippen LogP contribution in [-0.2, 0) is 15.3 Å². The van der Waals surface area contributed by atoms with Gasteiger partial charge in [-0.2, -0.15) is 0 Å². The number of thioether (sulfide) groups is 1. The Balaban J connectivity index is 1.68. The van der Waals surface area contributed by atoms with Gasteiger partial charge in [-0.25, -0.2) is 4.98 Å². The van der Waals surface area contributed by atoms with E-state index in [0.717, 1.165) is 18.0 Å². The van der Waals surface area contributed by atoms with Crippen molar-refractivity contribution in [2.75, 3.05) is 11.1 Å². The van der Waals surface area contributed by atoms with Crippen LogP contribution in [0.1, 0.15) is 44.2 Å². The van der Waals surface area contributed by atoms with Crippen molar-refractivity contribution in [2.45, 2.75) is 44.3 Å². The van der Waals surface area contributed by atoms with E-state index in [9.17, 15) is 9.59 Å². The summed E-state index contributed by atoms with van der Waals surface area (Å²) in [5.74, 6) is 1.38. The fourth-order valence-electron chi connectivity index (χ4n) is 2.50. The first kappa shape index (κ1) is 16.3. The number of carbonyl (C=O) groups is 2. The third kappa shape index (κ3) is 6.05. The second kappa shape index (κ2) is 8.38. The number of aromatic nitrogens is 1. The van der Waals surface area contributed by atoms with Crippen LogP contribution in [0.15, 0.2) is 5.38 Å². The summed E-state index contributed by atoms with van der Waals surface area (Å²) in [4.78, 5) is 26.9. The third-order valence-corrected chi connectivity index (χ3v) is 5.34. The molecule has 1 heterocycles. The molecule has 0 saturated heterocycles. The topological polar surface area (TPSA) is 85.1 Å². The van der Waals surface area contributed by atoms with E-state index in [-0.39, 0.29) is 11.8 Å². The van der Waals surface area contributed by atoms with Crippen LogP contribution >= 0.6 is 23.1 Å². The first-order valence-corrected chi connectivity index (χ1v) is 9.27. The van der Waals surface area contributed by atoms with Gasteiger partial charge in [-0.15, -0.1) is 23.1 Å². The van der Waals surface area contributed by atoms with Gasteiger partial charge in [-0.3, -0.25) is 9.59 Å². The van der Waals surface area contributed by atoms with E-state index in [1.54, 1.807) is 0 Å². The summed E-state index contributed by atoms with van der Waals surface area (Å²) < 4.78 is 0. The molecular formula is C14H21N3O2S2. The zero-order valence-electron chi connectivity index (χ0n) is 12.0. The molecule has 1 saturated carbocycles. The number of nitrogens with zero attached hydrogens (tertiary/aromatic N) is 1. The van der Waals surface area contributed by atoms with Crippen LogP contribution in [0.2, 0.25) is 0 Å². The highest BCUT2D eigenvalue weighted by molar-refractivity contribution is 7.99. The van der Waals surface area contributed by atoms with Gasteiger partial charge in [0, 0.05) is 17.6 Å². The van der Waals surface area contributed by atoms with Crippen LogP contribution < -0.4 is 11.1 Å². The number of hydrogen-bond acceptors (Lipinski definition) is 5. The average Bonchev–Trinajstić information content (AvgIpc) is 3.08. The summed E-state index contributed by atoms with van der Waals surface area (Å²) in [7, 11) is 0. The van der Waals surface area contributed by atoms with E-state index in [2.05, 4.69) is 10.3 Å². The van der Waals surface area contributed by atoms with Gasteiger partial charge >= 0.3 is 0 Å². The second-order valence-corrected chi connectivity index (χ2v) is 7.18. The Morgan fingerprint density at radius 2 is 2.19 bits per heavy atom. The number of thiazole rings is 1. The molecule has 0 atom stereocenters. The predicted molar refractivity (Wildman–Crippen MR) is 87.3 cm³/mol. The summed E-state index contributed by atoms with van der Waals surface area (Å²) in [6.07, 6.45) is 6.72. The van der Waals surface area contributed by atoms with Crippen LogP contribution in [0.3, 0.4) is 0 Å². The molecule has 116 valence electrons. The Morgan fingerprint density at radius 1 is 1.43 bits per heavy atom. The van der Waals surface area contributed by atoms with Crippen molar-refractivity contribution in [3.63, 3.8) is 0 Å². The Kier molecular flexibility index (Phi) is 6.50. The van der Waals surface area contributed by atoms with Crippen molar-refractivity contribution in [2.24, 2.45) is 11.7 Å². The molecule has 0 spiro atoms. The molecule has 0 aliphatic heterocycles. The number of primary amides is 1. The van der Waals surface area contributed by atoms with E-state index >= 15 is 0 Å². The zero-order valence-corrected chi connectivity index (χ0v) is 13.6. The van der Waals surface area contributed by atoms with Crippen molar-refractivity contribution in [3.8, 4) is 0 Å². The molecule has 2 amide bonds. The van der Waals surface area contributed by atoms with Crippen LogP contribution in [-0.4, -0.2) is 22.6 Å². The fourth-order valence-corrected chi connectivity index (χ4v) is 4.00. The standard InChI is InChI=1S/C14H21N3O2S2/c15-12(18)9-20-7-11-8-21-14(16-11)17-13(19)6-5-10-3-1-2-4-10/h8,10H,1-7,9H2,(H2,15,18)(H,16,17,19). The number of hydrogen-bond donors (Lipinski definition) is 2. The molecule has 21 heavy (non-hydrogen) atoms. The van der Waals surface area contributed by atoms with Crippen LogP contribution in [0.5, 0.6) is 0 Å². The van der Waals surface area contributed by atoms with Crippen molar-refractivity contribution in [1.29, 1.82) is 0 Å². The summed E-state index contributed by atoms with van der Waals surface area (Å²) in [5, 5.41) is 5.40. The summed E-state index contributed by atoms with van der Waals surface area (Å²) in [6.45, 7) is 0. The Labute approximate surface area is 133 Å². The van der Waals surface area contributed by atoms with Gasteiger partial charge in [0.1, 0.15) is 0 Å². The van der Waals surface area contributed by atoms with Gasteiger partial charge in [-0.1, -0.05) is 25.7 Å². The molecule has 3 N–H and O–H groups in total. The Bertz CT molecular complexity index is 484. The van der Waals surface area contributed by atoms with Crippen LogP contribution in [0, 0.1) is 5.92 Å². The predicted octanol–water partition coefficient (Wildman–Crippen LogP) is 2.77. The summed E-state index contributed by atoms with van der Waals surface area (Å²) >= 11 is 2.85. The van der Waals surface area contributed by atoms with Gasteiger partial charge < -0.3 is 11.1 Å². The zero-order chi connectivity index (χ0) is 15.1. The highest BCUT2D eigenvalue weighted by Gasteiger charge is 2.16. The largest absolute Gasteiger partial charge is 0.369 e. The summed E-state index contributed by atoms with van der Waals surface area (Å²) in [5.41, 5.74) is 5.95. The highest BCUT2D eigenvalue weighted by atomic mass is 32.2. The van der Waals surface area contributed by atoms with E-state index < -0.39 is 0 Å². The maximum absolute atomic E-state index is 11.9. The maximum atomic E-state index is 11.9. The van der Waals surface area contributed by atoms with E-state index in [1.165, 1.54) is 48.8 Å². The molecule has 5 nitrogen and oxygen atoms in total. The minimum atomic E-state index is -0.323. The summed E-state index contributed by atoms with van der Waals surface area (Å²) in [6, 6.07) is 0. The number of anilines is 1. The molecule has 0 unspecified atom stereocenters. The minimum absolute atomic E-state index is 0.0487. The van der Waals surface area contributed by atoms with Crippen molar-refractivity contribution < 1.29 is 9.59 Å². The van der Waals surface area contributed by atoms with Crippen LogP contribution in [0.4, 0.5) is 5.13 Å². The number of nitrogens with two attached hydrogens (primary N) is 1. The Morgan fingerprint density at radius 3 is 2.90 bits per heavy atom. The van der Waals surface area contributed by atoms with E-state index in [0.29, 0.717) is 23.1 Å². The van der Waals surface area contributed by atoms with Gasteiger partial charge in [0.15, 0.2) is 5.13 Å². The molecule has 1 aromatic rings. The first-order valence-electron chi connectivity index (χ1n) is 7.24. The molecular weight excluding hydrogens is 306 g/mol. The van der Waals surface area contributed by atoms with Gasteiger partial charge in [0.2, 0.25) is 11.8 Å². The highest BCUT2D eigenvalue weighted by Crippen LogP contribution is 2.28. The van der Waals surface area contributed by atoms with Crippen molar-refractivity contribution >= 4 is 40.0 Å². The number of nitrogens with one attached hydrogen (secondary N) is 1. The number of rotatable bonds is 8. The third-order valence-electron chi connectivity index (χ3n) is 3.55. The van der Waals surface area contributed by atoms with Crippen molar-refractivity contribution in [3.05, 3.63) is 11.1 Å².